The molecule has 32 heavy (non-hydrogen) atoms. The van der Waals surface area contributed by atoms with Crippen molar-refractivity contribution in [1.29, 1.82) is 0 Å². The molecule has 168 valence electrons. The summed E-state index contributed by atoms with van der Waals surface area (Å²) in [6.07, 6.45) is 5.62. The topological polar surface area (TPSA) is 99.5 Å². The van der Waals surface area contributed by atoms with Crippen LogP contribution in [-0.4, -0.2) is 35.1 Å². The van der Waals surface area contributed by atoms with Gasteiger partial charge in [-0.2, -0.15) is 0 Å². The lowest BCUT2D eigenvalue weighted by atomic mass is 9.97. The van der Waals surface area contributed by atoms with Gasteiger partial charge in [0.25, 0.3) is 11.5 Å². The second-order valence-corrected chi connectivity index (χ2v) is 8.75. The largest absolute Gasteiger partial charge is 0.497 e. The number of ether oxygens (including phenoxy) is 2. The highest BCUT2D eigenvalue weighted by atomic mass is 32.1. The lowest BCUT2D eigenvalue weighted by Gasteiger charge is -2.10. The Kier molecular flexibility index (Phi) is 6.84. The van der Waals surface area contributed by atoms with E-state index in [2.05, 4.69) is 10.3 Å². The average molecular weight is 456 g/mol. The lowest BCUT2D eigenvalue weighted by Crippen LogP contribution is -2.29. The fraction of sp³-hybridized carbons (Fsp3) is 0.391. The number of benzene rings is 1. The SMILES string of the molecule is COc1ccc(CNC(=O)COC(=O)CCn2cnc3sc4c(c3c2=O)CCCC4)cc1. The van der Waals surface area contributed by atoms with Crippen molar-refractivity contribution in [3.8, 4) is 5.75 Å². The molecule has 1 amide bonds. The van der Waals surface area contributed by atoms with Gasteiger partial charge in [-0.25, -0.2) is 4.98 Å². The molecule has 0 radical (unpaired) electrons. The molecule has 0 saturated carbocycles. The number of esters is 1. The van der Waals surface area contributed by atoms with Crippen molar-refractivity contribution in [3.05, 3.63) is 57.0 Å². The van der Waals surface area contributed by atoms with Crippen molar-refractivity contribution in [3.63, 3.8) is 0 Å². The monoisotopic (exact) mass is 455 g/mol. The molecule has 0 bridgehead atoms. The number of carbonyl (C=O) groups excluding carboxylic acids is 2. The first-order chi connectivity index (χ1) is 15.5. The Balaban J connectivity index is 1.26. The van der Waals surface area contributed by atoms with E-state index in [1.165, 1.54) is 15.8 Å². The van der Waals surface area contributed by atoms with Crippen LogP contribution in [0.3, 0.4) is 0 Å². The zero-order chi connectivity index (χ0) is 22.5. The minimum atomic E-state index is -0.538. The molecule has 0 fully saturated rings. The summed E-state index contributed by atoms with van der Waals surface area (Å²) in [6, 6.07) is 7.31. The van der Waals surface area contributed by atoms with Crippen LogP contribution in [-0.2, 0) is 40.3 Å². The average Bonchev–Trinajstić information content (AvgIpc) is 3.20. The molecule has 3 aromatic rings. The van der Waals surface area contributed by atoms with Crippen LogP contribution in [0.4, 0.5) is 0 Å². The fourth-order valence-electron chi connectivity index (χ4n) is 3.77. The van der Waals surface area contributed by atoms with E-state index >= 15 is 0 Å². The Hall–Kier alpha value is -3.20. The van der Waals surface area contributed by atoms with Crippen molar-refractivity contribution in [2.24, 2.45) is 0 Å². The maximum Gasteiger partial charge on any atom is 0.308 e. The number of aromatic nitrogens is 2. The Morgan fingerprint density at radius 3 is 2.75 bits per heavy atom. The molecule has 0 atom stereocenters. The van der Waals surface area contributed by atoms with E-state index in [1.807, 2.05) is 24.3 Å². The van der Waals surface area contributed by atoms with Gasteiger partial charge < -0.3 is 14.8 Å². The molecule has 1 aliphatic carbocycles. The van der Waals surface area contributed by atoms with E-state index in [4.69, 9.17) is 9.47 Å². The first-order valence-electron chi connectivity index (χ1n) is 10.6. The number of amides is 1. The van der Waals surface area contributed by atoms with Crippen LogP contribution in [0.1, 0.15) is 35.3 Å². The highest BCUT2D eigenvalue weighted by molar-refractivity contribution is 7.18. The molecule has 4 rings (SSSR count). The van der Waals surface area contributed by atoms with E-state index in [9.17, 15) is 14.4 Å². The van der Waals surface area contributed by atoms with Crippen molar-refractivity contribution in [2.75, 3.05) is 13.7 Å². The third-order valence-electron chi connectivity index (χ3n) is 5.51. The normalized spacial score (nSPS) is 12.9. The zero-order valence-electron chi connectivity index (χ0n) is 17.9. The summed E-state index contributed by atoms with van der Waals surface area (Å²) in [4.78, 5) is 43.4. The van der Waals surface area contributed by atoms with Crippen LogP contribution in [0.5, 0.6) is 5.75 Å². The van der Waals surface area contributed by atoms with Crippen LogP contribution in [0, 0.1) is 0 Å². The third kappa shape index (κ3) is 4.99. The second-order valence-electron chi connectivity index (χ2n) is 7.67. The van der Waals surface area contributed by atoms with Gasteiger partial charge in [0.2, 0.25) is 0 Å². The zero-order valence-corrected chi connectivity index (χ0v) is 18.7. The molecule has 0 saturated heterocycles. The Labute approximate surface area is 189 Å². The Bertz CT molecular complexity index is 1180. The minimum absolute atomic E-state index is 0.00875. The quantitative estimate of drug-likeness (QED) is 0.524. The standard InChI is InChI=1S/C23H25N3O5S/c1-30-16-8-6-15(7-9-16)12-24-19(27)13-31-20(28)10-11-26-14-25-22-21(23(26)29)17-4-2-3-5-18(17)32-22/h6-9,14H,2-5,10-13H2,1H3,(H,24,27). The van der Waals surface area contributed by atoms with Gasteiger partial charge in [0.05, 0.1) is 25.2 Å². The van der Waals surface area contributed by atoms with Crippen molar-refractivity contribution in [1.82, 2.24) is 14.9 Å². The summed E-state index contributed by atoms with van der Waals surface area (Å²) in [7, 11) is 1.59. The number of nitrogens with zero attached hydrogens (tertiary/aromatic N) is 2. The van der Waals surface area contributed by atoms with Gasteiger partial charge in [0.1, 0.15) is 10.6 Å². The smallest absolute Gasteiger partial charge is 0.308 e. The van der Waals surface area contributed by atoms with Gasteiger partial charge in [0, 0.05) is 18.0 Å². The van der Waals surface area contributed by atoms with Crippen LogP contribution < -0.4 is 15.6 Å². The van der Waals surface area contributed by atoms with Crippen molar-refractivity contribution >= 4 is 33.4 Å². The number of carbonyl (C=O) groups is 2. The predicted octanol–water partition coefficient (Wildman–Crippen LogP) is 2.60. The predicted molar refractivity (Wildman–Crippen MR) is 121 cm³/mol. The van der Waals surface area contributed by atoms with Crippen LogP contribution in [0.25, 0.3) is 10.2 Å². The van der Waals surface area contributed by atoms with Gasteiger partial charge >= 0.3 is 5.97 Å². The molecule has 8 nitrogen and oxygen atoms in total. The van der Waals surface area contributed by atoms with Gasteiger partial charge in [0.15, 0.2) is 6.61 Å². The highest BCUT2D eigenvalue weighted by Crippen LogP contribution is 2.33. The van der Waals surface area contributed by atoms with E-state index in [0.717, 1.165) is 47.4 Å². The maximum absolute atomic E-state index is 12.9. The highest BCUT2D eigenvalue weighted by Gasteiger charge is 2.20. The molecule has 2 heterocycles. The molecule has 0 unspecified atom stereocenters. The molecule has 0 spiro atoms. The number of rotatable bonds is 8. The first-order valence-corrected chi connectivity index (χ1v) is 11.4. The number of nitrogens with one attached hydrogen (secondary N) is 1. The maximum atomic E-state index is 12.9. The van der Waals surface area contributed by atoms with Gasteiger partial charge in [-0.05, 0) is 48.9 Å². The van der Waals surface area contributed by atoms with E-state index < -0.39 is 5.97 Å². The van der Waals surface area contributed by atoms with Gasteiger partial charge in [-0.3, -0.25) is 19.0 Å². The van der Waals surface area contributed by atoms with Crippen LogP contribution >= 0.6 is 11.3 Å². The van der Waals surface area contributed by atoms with Crippen molar-refractivity contribution < 1.29 is 19.1 Å². The summed E-state index contributed by atoms with van der Waals surface area (Å²) in [5.74, 6) is -0.190. The summed E-state index contributed by atoms with van der Waals surface area (Å²) < 4.78 is 11.6. The summed E-state index contributed by atoms with van der Waals surface area (Å²) in [5, 5.41) is 3.39. The number of hydrogen-bond donors (Lipinski definition) is 1. The number of methoxy groups -OCH3 is 1. The lowest BCUT2D eigenvalue weighted by molar-refractivity contribution is -0.148. The molecule has 2 aromatic heterocycles. The second kappa shape index (κ2) is 9.95. The van der Waals surface area contributed by atoms with E-state index in [1.54, 1.807) is 18.4 Å². The van der Waals surface area contributed by atoms with Gasteiger partial charge in [-0.1, -0.05) is 12.1 Å². The molecule has 9 heteroatoms. The molecule has 1 aromatic carbocycles. The summed E-state index contributed by atoms with van der Waals surface area (Å²) >= 11 is 1.60. The summed E-state index contributed by atoms with van der Waals surface area (Å²) in [5.41, 5.74) is 1.92. The van der Waals surface area contributed by atoms with Crippen LogP contribution in [0.2, 0.25) is 0 Å². The first kappa shape index (κ1) is 22.0. The molecule has 0 aliphatic heterocycles. The molecule has 1 aliphatic rings. The number of fused-ring (bicyclic) bond motifs is 3. The molecular formula is C23H25N3O5S. The number of thiophene rings is 1. The van der Waals surface area contributed by atoms with E-state index in [-0.39, 0.29) is 31.0 Å². The van der Waals surface area contributed by atoms with Crippen molar-refractivity contribution in [2.45, 2.75) is 45.2 Å². The molecular weight excluding hydrogens is 430 g/mol. The molecule has 1 N–H and O–H groups in total. The van der Waals surface area contributed by atoms with Crippen LogP contribution in [0.15, 0.2) is 35.4 Å². The number of hydrogen-bond acceptors (Lipinski definition) is 7. The third-order valence-corrected chi connectivity index (χ3v) is 6.71. The van der Waals surface area contributed by atoms with E-state index in [0.29, 0.717) is 11.9 Å². The fourth-order valence-corrected chi connectivity index (χ4v) is 4.98. The Morgan fingerprint density at radius 1 is 1.19 bits per heavy atom. The summed E-state index contributed by atoms with van der Waals surface area (Å²) in [6.45, 7) is 0.129. The Morgan fingerprint density at radius 2 is 1.97 bits per heavy atom. The number of aryl methyl sites for hydroxylation is 3. The minimum Gasteiger partial charge on any atom is -0.497 e. The van der Waals surface area contributed by atoms with Gasteiger partial charge in [-0.15, -0.1) is 11.3 Å².